The van der Waals surface area contributed by atoms with Crippen LogP contribution in [0.1, 0.15) is 32.6 Å². The van der Waals surface area contributed by atoms with Crippen LogP contribution >= 0.6 is 0 Å². The summed E-state index contributed by atoms with van der Waals surface area (Å²) in [5.41, 5.74) is 0. The molecule has 70 valence electrons. The van der Waals surface area contributed by atoms with E-state index in [4.69, 9.17) is 4.42 Å². The van der Waals surface area contributed by atoms with E-state index < -0.39 is 0 Å². The molecule has 0 fully saturated rings. The van der Waals surface area contributed by atoms with Crippen molar-refractivity contribution in [3.05, 3.63) is 18.9 Å². The monoisotopic (exact) mass is 189 g/mol. The summed E-state index contributed by atoms with van der Waals surface area (Å²) in [5, 5.41) is 0. The topological polar surface area (TPSA) is 17.0 Å². The van der Waals surface area contributed by atoms with E-state index in [9.17, 15) is 0 Å². The molecule has 0 aliphatic carbocycles. The van der Waals surface area contributed by atoms with E-state index in [1.807, 2.05) is 6.20 Å². The number of unbranched alkanes of at least 4 members (excludes halogenated alkanes) is 3. The van der Waals surface area contributed by atoms with E-state index in [-0.39, 0.29) is 12.4 Å². The lowest BCUT2D eigenvalue weighted by molar-refractivity contribution is -0.700. The molecule has 0 aliphatic rings. The van der Waals surface area contributed by atoms with Gasteiger partial charge in [-0.2, -0.15) is 4.57 Å². The van der Waals surface area contributed by atoms with Crippen molar-refractivity contribution in [1.82, 2.24) is 0 Å². The van der Waals surface area contributed by atoms with Crippen LogP contribution in [0.4, 0.5) is 0 Å². The summed E-state index contributed by atoms with van der Waals surface area (Å²) >= 11 is 0. The van der Waals surface area contributed by atoms with Crippen LogP contribution in [0, 0.1) is 0 Å². The molecule has 1 heterocycles. The number of halogens is 1. The van der Waals surface area contributed by atoms with Gasteiger partial charge in [0.1, 0.15) is 0 Å². The molecule has 1 rings (SSSR count). The summed E-state index contributed by atoms with van der Waals surface area (Å²) in [4.78, 5) is 0. The van der Waals surface area contributed by atoms with Crippen LogP contribution < -0.4 is 17.0 Å². The molecule has 0 saturated heterocycles. The van der Waals surface area contributed by atoms with Crippen molar-refractivity contribution >= 4 is 0 Å². The molecule has 0 radical (unpaired) electrons. The largest absolute Gasteiger partial charge is 1.00 e. The Morgan fingerprint density at radius 1 is 1.25 bits per heavy atom. The van der Waals surface area contributed by atoms with E-state index in [0.29, 0.717) is 0 Å². The minimum Gasteiger partial charge on any atom is -1.00 e. The van der Waals surface area contributed by atoms with Gasteiger partial charge in [0.05, 0.1) is 0 Å². The summed E-state index contributed by atoms with van der Waals surface area (Å²) in [6, 6.07) is 0. The van der Waals surface area contributed by atoms with Crippen molar-refractivity contribution in [2.75, 3.05) is 0 Å². The molecule has 0 atom stereocenters. The first-order valence-electron chi connectivity index (χ1n) is 4.34. The molecular weight excluding hydrogens is 174 g/mol. The zero-order chi connectivity index (χ0) is 7.94. The van der Waals surface area contributed by atoms with Gasteiger partial charge in [0.15, 0.2) is 12.8 Å². The molecule has 0 aliphatic heterocycles. The molecule has 0 bridgehead atoms. The number of rotatable bonds is 5. The van der Waals surface area contributed by atoms with Gasteiger partial charge in [0, 0.05) is 6.42 Å². The van der Waals surface area contributed by atoms with Crippen molar-refractivity contribution in [2.45, 2.75) is 39.2 Å². The minimum atomic E-state index is 0. The molecule has 0 saturated carbocycles. The normalized spacial score (nSPS) is 9.42. The van der Waals surface area contributed by atoms with Crippen molar-refractivity contribution in [2.24, 2.45) is 0 Å². The predicted octanol–water partition coefficient (Wildman–Crippen LogP) is -0.849. The maximum absolute atomic E-state index is 4.93. The van der Waals surface area contributed by atoms with Crippen molar-refractivity contribution in [3.8, 4) is 0 Å². The molecule has 3 heteroatoms. The lowest BCUT2D eigenvalue weighted by Gasteiger charge is -1.92. The smallest absolute Gasteiger partial charge is 0.334 e. The highest BCUT2D eigenvalue weighted by atomic mass is 35.5. The fourth-order valence-corrected chi connectivity index (χ4v) is 1.11. The average Bonchev–Trinajstić information content (AvgIpc) is 2.50. The van der Waals surface area contributed by atoms with Gasteiger partial charge in [-0.1, -0.05) is 19.8 Å². The zero-order valence-electron chi connectivity index (χ0n) is 7.50. The fourth-order valence-electron chi connectivity index (χ4n) is 1.11. The van der Waals surface area contributed by atoms with E-state index in [1.165, 1.54) is 25.7 Å². The number of nitrogens with zero attached hydrogens (tertiary/aromatic N) is 1. The molecule has 0 N–H and O–H groups in total. The highest BCUT2D eigenvalue weighted by Gasteiger charge is 1.98. The Balaban J connectivity index is 0.00000121. The number of aromatic nitrogens is 1. The lowest BCUT2D eigenvalue weighted by Crippen LogP contribution is -3.00. The second-order valence-electron chi connectivity index (χ2n) is 2.83. The lowest BCUT2D eigenvalue weighted by atomic mass is 10.2. The van der Waals surface area contributed by atoms with Gasteiger partial charge < -0.3 is 16.8 Å². The molecule has 1 aromatic heterocycles. The van der Waals surface area contributed by atoms with E-state index in [0.717, 1.165) is 6.54 Å². The van der Waals surface area contributed by atoms with E-state index >= 15 is 0 Å². The molecule has 0 spiro atoms. The Bertz CT molecular complexity index is 175. The summed E-state index contributed by atoms with van der Waals surface area (Å²) in [7, 11) is 0. The number of oxazole rings is 1. The second kappa shape index (κ2) is 7.17. The minimum absolute atomic E-state index is 0. The summed E-state index contributed by atoms with van der Waals surface area (Å²) in [6.45, 7) is 3.32. The van der Waals surface area contributed by atoms with Gasteiger partial charge >= 0.3 is 6.39 Å². The van der Waals surface area contributed by atoms with E-state index in [1.54, 1.807) is 12.7 Å². The van der Waals surface area contributed by atoms with Gasteiger partial charge in [-0.15, -0.1) is 0 Å². The van der Waals surface area contributed by atoms with Crippen LogP contribution in [-0.2, 0) is 6.54 Å². The Kier molecular flexibility index (Phi) is 6.87. The molecular formula is C9H16ClNO. The van der Waals surface area contributed by atoms with Crippen molar-refractivity contribution in [3.63, 3.8) is 0 Å². The van der Waals surface area contributed by atoms with Crippen molar-refractivity contribution in [1.29, 1.82) is 0 Å². The Hall–Kier alpha value is -0.500. The number of hydrogen-bond acceptors (Lipinski definition) is 1. The summed E-state index contributed by atoms with van der Waals surface area (Å²) in [6.07, 6.45) is 10.7. The third kappa shape index (κ3) is 4.39. The first kappa shape index (κ1) is 11.5. The second-order valence-corrected chi connectivity index (χ2v) is 2.83. The molecule has 0 unspecified atom stereocenters. The van der Waals surface area contributed by atoms with Crippen LogP contribution in [0.2, 0.25) is 0 Å². The fraction of sp³-hybridized carbons (Fsp3) is 0.667. The Morgan fingerprint density at radius 3 is 2.67 bits per heavy atom. The molecule has 0 amide bonds. The zero-order valence-corrected chi connectivity index (χ0v) is 8.26. The van der Waals surface area contributed by atoms with Gasteiger partial charge in [-0.25, -0.2) is 0 Å². The number of aryl methyl sites for hydroxylation is 1. The van der Waals surface area contributed by atoms with Crippen LogP contribution in [0.15, 0.2) is 23.3 Å². The maximum atomic E-state index is 4.93. The van der Waals surface area contributed by atoms with Crippen LogP contribution in [0.3, 0.4) is 0 Å². The first-order chi connectivity index (χ1) is 5.43. The summed E-state index contributed by atoms with van der Waals surface area (Å²) < 4.78 is 7.01. The average molecular weight is 190 g/mol. The molecule has 1 aromatic rings. The molecule has 0 aromatic carbocycles. The van der Waals surface area contributed by atoms with Crippen LogP contribution in [0.25, 0.3) is 0 Å². The van der Waals surface area contributed by atoms with Gasteiger partial charge in [-0.3, -0.25) is 0 Å². The van der Waals surface area contributed by atoms with Crippen LogP contribution in [-0.4, -0.2) is 0 Å². The molecule has 2 nitrogen and oxygen atoms in total. The quantitative estimate of drug-likeness (QED) is 0.436. The predicted molar refractivity (Wildman–Crippen MR) is 43.0 cm³/mol. The third-order valence-electron chi connectivity index (χ3n) is 1.80. The standard InChI is InChI=1S/C9H16NO.ClH/c1-2-3-4-5-6-10-7-8-11-9-10;/h7-9H,2-6H2,1H3;1H/q+1;/p-1. The Morgan fingerprint density at radius 2 is 2.08 bits per heavy atom. The van der Waals surface area contributed by atoms with Gasteiger partial charge in [-0.05, 0) is 6.42 Å². The highest BCUT2D eigenvalue weighted by molar-refractivity contribution is 4.47. The number of hydrogen-bond donors (Lipinski definition) is 0. The maximum Gasteiger partial charge on any atom is 0.334 e. The van der Waals surface area contributed by atoms with Crippen LogP contribution in [0.5, 0.6) is 0 Å². The van der Waals surface area contributed by atoms with Gasteiger partial charge in [0.25, 0.3) is 0 Å². The third-order valence-corrected chi connectivity index (χ3v) is 1.80. The summed E-state index contributed by atoms with van der Waals surface area (Å²) in [5.74, 6) is 0. The Labute approximate surface area is 80.0 Å². The highest BCUT2D eigenvalue weighted by Crippen LogP contribution is 1.97. The SMILES string of the molecule is CCCCCC[n+]1ccoc1.[Cl-]. The van der Waals surface area contributed by atoms with Crippen molar-refractivity contribution < 1.29 is 21.4 Å². The molecule has 12 heavy (non-hydrogen) atoms. The first-order valence-corrected chi connectivity index (χ1v) is 4.34. The van der Waals surface area contributed by atoms with E-state index in [2.05, 4.69) is 11.5 Å². The van der Waals surface area contributed by atoms with Gasteiger partial charge in [0.2, 0.25) is 6.20 Å².